The number of hydrogen-bond donors (Lipinski definition) is 2. The van der Waals surface area contributed by atoms with E-state index in [0.717, 1.165) is 5.56 Å². The number of hydrogen-bond acceptors (Lipinski definition) is 7. The summed E-state index contributed by atoms with van der Waals surface area (Å²) in [5.41, 5.74) is -0.310. The Kier molecular flexibility index (Phi) is 10.4. The summed E-state index contributed by atoms with van der Waals surface area (Å²) in [6.07, 6.45) is 4.21. The number of rotatable bonds is 15. The molecule has 3 aliphatic heterocycles. The maximum Gasteiger partial charge on any atom is 0.312 e. The van der Waals surface area contributed by atoms with E-state index in [1.165, 1.54) is 4.90 Å². The van der Waals surface area contributed by atoms with E-state index >= 15 is 0 Å². The van der Waals surface area contributed by atoms with Gasteiger partial charge in [0.25, 0.3) is 0 Å². The van der Waals surface area contributed by atoms with Crippen LogP contribution in [0, 0.1) is 11.8 Å². The predicted molar refractivity (Wildman–Crippen MR) is 161 cm³/mol. The van der Waals surface area contributed by atoms with E-state index in [1.54, 1.807) is 24.0 Å². The Balaban J connectivity index is 1.64. The van der Waals surface area contributed by atoms with Crippen molar-refractivity contribution < 1.29 is 33.8 Å². The van der Waals surface area contributed by atoms with E-state index in [0.29, 0.717) is 32.1 Å². The number of benzene rings is 1. The number of amides is 3. The third-order valence-electron chi connectivity index (χ3n) is 8.87. The first-order valence-electron chi connectivity index (χ1n) is 15.2. The van der Waals surface area contributed by atoms with Gasteiger partial charge in [0.05, 0.1) is 37.1 Å². The van der Waals surface area contributed by atoms with Gasteiger partial charge in [0.15, 0.2) is 0 Å². The van der Waals surface area contributed by atoms with Crippen molar-refractivity contribution in [3.63, 3.8) is 0 Å². The van der Waals surface area contributed by atoms with Crippen LogP contribution in [0.3, 0.4) is 0 Å². The number of aliphatic hydroxyl groups is 1. The molecule has 1 aromatic rings. The van der Waals surface area contributed by atoms with Crippen LogP contribution in [0.2, 0.25) is 0 Å². The summed E-state index contributed by atoms with van der Waals surface area (Å²) in [5, 5.41) is 13.3. The van der Waals surface area contributed by atoms with Gasteiger partial charge in [-0.3, -0.25) is 19.2 Å². The standard InChI is InChI=1S/C33H45N3O7/c1-6-8-14-26(38)34-19-22(5)42-32(41)27-25-15-16-33(43-25)28(27)30(39)36(24(20-37)18-23-12-10-9-11-13-23)29(33)31(40)35(17-7-2)21(3)4/h6-7,9-13,21-22,24-25,27-29,37H,1-2,8,14-20H2,3-5H3,(H,34,38)/t22-,24+,25+,27-,28-,29+,33-/m0/s1. The Hall–Kier alpha value is -3.50. The van der Waals surface area contributed by atoms with E-state index in [1.807, 2.05) is 44.2 Å². The summed E-state index contributed by atoms with van der Waals surface area (Å²) in [4.78, 5) is 57.6. The summed E-state index contributed by atoms with van der Waals surface area (Å²) in [7, 11) is 0. The third-order valence-corrected chi connectivity index (χ3v) is 8.87. The quantitative estimate of drug-likeness (QED) is 0.236. The van der Waals surface area contributed by atoms with Crippen LogP contribution in [0.1, 0.15) is 52.0 Å². The number of carbonyl (C=O) groups excluding carboxylic acids is 4. The minimum Gasteiger partial charge on any atom is -0.460 e. The SMILES string of the molecule is C=CCCC(=O)NC[C@H](C)OC(=O)[C@@H]1[C@H]2C(=O)N([C@@H](CO)Cc3ccccc3)[C@H](C(=O)N(CC=C)C(C)C)[C@]23CC[C@H]1O3. The van der Waals surface area contributed by atoms with Crippen LogP contribution >= 0.6 is 0 Å². The molecule has 3 saturated heterocycles. The van der Waals surface area contributed by atoms with Crippen LogP contribution < -0.4 is 5.32 Å². The molecule has 1 spiro atoms. The number of nitrogens with one attached hydrogen (secondary N) is 1. The molecule has 1 aromatic carbocycles. The Labute approximate surface area is 254 Å². The Morgan fingerprint density at radius 2 is 1.93 bits per heavy atom. The van der Waals surface area contributed by atoms with Crippen LogP contribution in [-0.4, -0.2) is 94.2 Å². The fraction of sp³-hybridized carbons (Fsp3) is 0.576. The Bertz CT molecular complexity index is 1200. The van der Waals surface area contributed by atoms with Crippen molar-refractivity contribution in [3.05, 3.63) is 61.2 Å². The second kappa shape index (κ2) is 13.9. The molecule has 3 fully saturated rings. The molecule has 0 unspecified atom stereocenters. The molecule has 3 amide bonds. The molecule has 3 heterocycles. The van der Waals surface area contributed by atoms with Gasteiger partial charge in [0, 0.05) is 19.0 Å². The van der Waals surface area contributed by atoms with Crippen LogP contribution in [-0.2, 0) is 35.1 Å². The Morgan fingerprint density at radius 3 is 2.56 bits per heavy atom. The molecule has 4 rings (SSSR count). The molecular weight excluding hydrogens is 550 g/mol. The second-order valence-corrected chi connectivity index (χ2v) is 12.1. The number of ether oxygens (including phenoxy) is 2. The average molecular weight is 596 g/mol. The van der Waals surface area contributed by atoms with Crippen LogP contribution in [0.5, 0.6) is 0 Å². The topological polar surface area (TPSA) is 125 Å². The zero-order valence-electron chi connectivity index (χ0n) is 25.4. The maximum absolute atomic E-state index is 14.4. The third kappa shape index (κ3) is 6.40. The second-order valence-electron chi connectivity index (χ2n) is 12.1. The summed E-state index contributed by atoms with van der Waals surface area (Å²) >= 11 is 0. The highest BCUT2D eigenvalue weighted by atomic mass is 16.6. The lowest BCUT2D eigenvalue weighted by Gasteiger charge is -2.40. The number of likely N-dealkylation sites (tertiary alicyclic amines) is 1. The predicted octanol–water partition coefficient (Wildman–Crippen LogP) is 2.40. The first-order chi connectivity index (χ1) is 20.6. The molecule has 0 aromatic heterocycles. The van der Waals surface area contributed by atoms with Crippen molar-refractivity contribution in [2.45, 2.75) is 88.8 Å². The minimum absolute atomic E-state index is 0.130. The van der Waals surface area contributed by atoms with Gasteiger partial charge in [-0.1, -0.05) is 42.5 Å². The lowest BCUT2D eigenvalue weighted by Crippen LogP contribution is -2.60. The Morgan fingerprint density at radius 1 is 1.21 bits per heavy atom. The van der Waals surface area contributed by atoms with E-state index in [9.17, 15) is 24.3 Å². The van der Waals surface area contributed by atoms with Gasteiger partial charge < -0.3 is 29.7 Å². The van der Waals surface area contributed by atoms with Crippen molar-refractivity contribution in [2.75, 3.05) is 19.7 Å². The van der Waals surface area contributed by atoms with Gasteiger partial charge in [-0.2, -0.15) is 0 Å². The lowest BCUT2D eigenvalue weighted by molar-refractivity contribution is -0.160. The zero-order valence-corrected chi connectivity index (χ0v) is 25.4. The molecule has 3 aliphatic rings. The molecular formula is C33H45N3O7. The molecule has 0 saturated carbocycles. The number of nitrogens with zero attached hydrogens (tertiary/aromatic N) is 2. The normalized spacial score (nSPS) is 27.0. The van der Waals surface area contributed by atoms with Gasteiger partial charge >= 0.3 is 5.97 Å². The largest absolute Gasteiger partial charge is 0.460 e. The minimum atomic E-state index is -1.22. The van der Waals surface area contributed by atoms with Crippen molar-refractivity contribution in [1.82, 2.24) is 15.1 Å². The van der Waals surface area contributed by atoms with Gasteiger partial charge in [-0.05, 0) is 52.0 Å². The summed E-state index contributed by atoms with van der Waals surface area (Å²) in [6.45, 7) is 13.0. The molecule has 10 heteroatoms. The van der Waals surface area contributed by atoms with Crippen LogP contribution in [0.4, 0.5) is 0 Å². The monoisotopic (exact) mass is 595 g/mol. The van der Waals surface area contributed by atoms with Gasteiger partial charge in [0.1, 0.15) is 17.7 Å². The maximum atomic E-state index is 14.4. The highest BCUT2D eigenvalue weighted by Gasteiger charge is 2.75. The fourth-order valence-corrected chi connectivity index (χ4v) is 6.92. The summed E-state index contributed by atoms with van der Waals surface area (Å²) in [6, 6.07) is 7.59. The molecule has 10 nitrogen and oxygen atoms in total. The zero-order chi connectivity index (χ0) is 31.3. The lowest BCUT2D eigenvalue weighted by atomic mass is 9.70. The van der Waals surface area contributed by atoms with E-state index in [2.05, 4.69) is 18.5 Å². The van der Waals surface area contributed by atoms with Gasteiger partial charge in [-0.25, -0.2) is 0 Å². The smallest absolute Gasteiger partial charge is 0.312 e. The first-order valence-corrected chi connectivity index (χ1v) is 15.2. The first kappa shape index (κ1) is 32.4. The average Bonchev–Trinajstić information content (AvgIpc) is 3.64. The van der Waals surface area contributed by atoms with E-state index in [4.69, 9.17) is 9.47 Å². The summed E-state index contributed by atoms with van der Waals surface area (Å²) < 4.78 is 12.3. The molecule has 7 atom stereocenters. The van der Waals surface area contributed by atoms with E-state index in [-0.39, 0.29) is 43.5 Å². The number of allylic oxidation sites excluding steroid dienone is 1. The number of esters is 1. The molecule has 43 heavy (non-hydrogen) atoms. The molecule has 0 aliphatic carbocycles. The highest BCUT2D eigenvalue weighted by molar-refractivity contribution is 5.98. The molecule has 234 valence electrons. The van der Waals surface area contributed by atoms with Crippen molar-refractivity contribution in [3.8, 4) is 0 Å². The molecule has 2 N–H and O–H groups in total. The van der Waals surface area contributed by atoms with Crippen molar-refractivity contribution in [2.24, 2.45) is 11.8 Å². The van der Waals surface area contributed by atoms with Gasteiger partial charge in [0.2, 0.25) is 17.7 Å². The van der Waals surface area contributed by atoms with Crippen LogP contribution in [0.25, 0.3) is 0 Å². The highest BCUT2D eigenvalue weighted by Crippen LogP contribution is 2.59. The molecule has 2 bridgehead atoms. The number of fused-ring (bicyclic) bond motifs is 1. The summed E-state index contributed by atoms with van der Waals surface area (Å²) in [5.74, 6) is -3.25. The fourth-order valence-electron chi connectivity index (χ4n) is 6.92. The number of carbonyl (C=O) groups is 4. The van der Waals surface area contributed by atoms with Crippen LogP contribution in [0.15, 0.2) is 55.6 Å². The van der Waals surface area contributed by atoms with E-state index < -0.39 is 47.7 Å². The van der Waals surface area contributed by atoms with Crippen molar-refractivity contribution >= 4 is 23.7 Å². The van der Waals surface area contributed by atoms with Crippen molar-refractivity contribution in [1.29, 1.82) is 0 Å². The molecule has 0 radical (unpaired) electrons. The number of aliphatic hydroxyl groups excluding tert-OH is 1. The van der Waals surface area contributed by atoms with Gasteiger partial charge in [-0.15, -0.1) is 13.2 Å².